The van der Waals surface area contributed by atoms with E-state index in [1.807, 2.05) is 0 Å². The van der Waals surface area contributed by atoms with Gasteiger partial charge in [0.1, 0.15) is 10.9 Å². The van der Waals surface area contributed by atoms with Crippen LogP contribution < -0.4 is 15.8 Å². The second-order valence-corrected chi connectivity index (χ2v) is 4.45. The highest BCUT2D eigenvalue weighted by Gasteiger charge is 2.13. The van der Waals surface area contributed by atoms with Gasteiger partial charge in [-0.3, -0.25) is 10.1 Å². The molecule has 0 spiro atoms. The molecular weight excluding hydrogens is 280 g/mol. The van der Waals surface area contributed by atoms with E-state index in [0.29, 0.717) is 17.1 Å². The standard InChI is InChI=1S/C13H13ClN4O2/c1-7-5-11(14)17-13(16-7)18-12(19)9-6-8(20-2)3-4-10(9)15/h3-6H,15H2,1-2H3,(H,16,17,18,19). The van der Waals surface area contributed by atoms with Crippen molar-refractivity contribution in [3.05, 3.63) is 40.7 Å². The van der Waals surface area contributed by atoms with E-state index in [0.717, 1.165) is 0 Å². The predicted molar refractivity (Wildman–Crippen MR) is 77.1 cm³/mol. The molecule has 0 fully saturated rings. The quantitative estimate of drug-likeness (QED) is 0.669. The fourth-order valence-electron chi connectivity index (χ4n) is 1.61. The Hall–Kier alpha value is -2.34. The van der Waals surface area contributed by atoms with Crippen LogP contribution >= 0.6 is 11.6 Å². The Balaban J connectivity index is 2.27. The molecular formula is C13H13ClN4O2. The Morgan fingerprint density at radius 2 is 2.10 bits per heavy atom. The molecule has 20 heavy (non-hydrogen) atoms. The number of ether oxygens (including phenoxy) is 1. The summed E-state index contributed by atoms with van der Waals surface area (Å²) in [6.45, 7) is 1.75. The van der Waals surface area contributed by atoms with Gasteiger partial charge in [-0.2, -0.15) is 0 Å². The predicted octanol–water partition coefficient (Wildman–Crippen LogP) is 2.28. The van der Waals surface area contributed by atoms with E-state index in [1.54, 1.807) is 31.2 Å². The molecule has 0 saturated heterocycles. The van der Waals surface area contributed by atoms with Crippen LogP contribution in [0.25, 0.3) is 0 Å². The number of halogens is 1. The summed E-state index contributed by atoms with van der Waals surface area (Å²) in [6, 6.07) is 6.41. The lowest BCUT2D eigenvalue weighted by atomic mass is 10.1. The molecule has 0 unspecified atom stereocenters. The van der Waals surface area contributed by atoms with Gasteiger partial charge in [0.2, 0.25) is 5.95 Å². The number of benzene rings is 1. The van der Waals surface area contributed by atoms with Crippen LogP contribution in [-0.4, -0.2) is 23.0 Å². The van der Waals surface area contributed by atoms with Gasteiger partial charge in [0.25, 0.3) is 5.91 Å². The third-order valence-electron chi connectivity index (χ3n) is 2.55. The van der Waals surface area contributed by atoms with Crippen molar-refractivity contribution in [1.29, 1.82) is 0 Å². The minimum Gasteiger partial charge on any atom is -0.497 e. The Kier molecular flexibility index (Phi) is 4.05. The molecule has 0 atom stereocenters. The summed E-state index contributed by atoms with van der Waals surface area (Å²) in [5.74, 6) is 0.234. The van der Waals surface area contributed by atoms with Gasteiger partial charge in [0, 0.05) is 11.4 Å². The number of nitrogens with two attached hydrogens (primary N) is 1. The van der Waals surface area contributed by atoms with Gasteiger partial charge in [0.05, 0.1) is 12.7 Å². The monoisotopic (exact) mass is 292 g/mol. The lowest BCUT2D eigenvalue weighted by Crippen LogP contribution is -2.16. The zero-order valence-corrected chi connectivity index (χ0v) is 11.7. The second kappa shape index (κ2) is 5.75. The number of aromatic nitrogens is 2. The number of rotatable bonds is 3. The van der Waals surface area contributed by atoms with Crippen molar-refractivity contribution in [2.75, 3.05) is 18.2 Å². The van der Waals surface area contributed by atoms with Gasteiger partial charge >= 0.3 is 0 Å². The Morgan fingerprint density at radius 3 is 2.75 bits per heavy atom. The molecule has 0 aliphatic carbocycles. The lowest BCUT2D eigenvalue weighted by molar-refractivity contribution is 0.102. The molecule has 7 heteroatoms. The normalized spacial score (nSPS) is 10.2. The van der Waals surface area contributed by atoms with Crippen LogP contribution in [0.15, 0.2) is 24.3 Å². The Morgan fingerprint density at radius 1 is 1.35 bits per heavy atom. The molecule has 104 valence electrons. The van der Waals surface area contributed by atoms with Gasteiger partial charge in [-0.05, 0) is 31.2 Å². The molecule has 0 saturated carbocycles. The molecule has 0 radical (unpaired) electrons. The van der Waals surface area contributed by atoms with Crippen LogP contribution in [-0.2, 0) is 0 Å². The number of anilines is 2. The van der Waals surface area contributed by atoms with E-state index < -0.39 is 5.91 Å². The van der Waals surface area contributed by atoms with Crippen molar-refractivity contribution in [2.45, 2.75) is 6.92 Å². The molecule has 1 aromatic heterocycles. The van der Waals surface area contributed by atoms with Gasteiger partial charge < -0.3 is 10.5 Å². The van der Waals surface area contributed by atoms with Crippen LogP contribution in [0, 0.1) is 6.92 Å². The molecule has 0 bridgehead atoms. The number of carbonyl (C=O) groups is 1. The van der Waals surface area contributed by atoms with E-state index in [9.17, 15) is 4.79 Å². The SMILES string of the molecule is COc1ccc(N)c(C(=O)Nc2nc(C)cc(Cl)n2)c1. The number of carbonyl (C=O) groups excluding carboxylic acids is 1. The summed E-state index contributed by atoms with van der Waals surface area (Å²) >= 11 is 5.81. The minimum atomic E-state index is -0.428. The Labute approximate surface area is 120 Å². The van der Waals surface area contributed by atoms with Crippen LogP contribution in [0.1, 0.15) is 16.1 Å². The van der Waals surface area contributed by atoms with E-state index >= 15 is 0 Å². The van der Waals surface area contributed by atoms with Crippen molar-refractivity contribution < 1.29 is 9.53 Å². The molecule has 3 N–H and O–H groups in total. The van der Waals surface area contributed by atoms with Crippen LogP contribution in [0.4, 0.5) is 11.6 Å². The first-order valence-electron chi connectivity index (χ1n) is 5.75. The summed E-state index contributed by atoms with van der Waals surface area (Å²) in [5, 5.41) is 2.81. The lowest BCUT2D eigenvalue weighted by Gasteiger charge is -2.08. The number of hydrogen-bond donors (Lipinski definition) is 2. The van der Waals surface area contributed by atoms with E-state index in [4.69, 9.17) is 22.1 Å². The minimum absolute atomic E-state index is 0.127. The maximum absolute atomic E-state index is 12.2. The molecule has 1 heterocycles. The fourth-order valence-corrected chi connectivity index (χ4v) is 1.85. The average Bonchev–Trinajstić information content (AvgIpc) is 2.37. The summed E-state index contributed by atoms with van der Waals surface area (Å²) < 4.78 is 5.06. The number of methoxy groups -OCH3 is 1. The third-order valence-corrected chi connectivity index (χ3v) is 2.75. The van der Waals surface area contributed by atoms with Gasteiger partial charge in [-0.15, -0.1) is 0 Å². The van der Waals surface area contributed by atoms with Crippen molar-refractivity contribution >= 4 is 29.1 Å². The topological polar surface area (TPSA) is 90.1 Å². The largest absolute Gasteiger partial charge is 0.497 e. The van der Waals surface area contributed by atoms with E-state index in [-0.39, 0.29) is 16.7 Å². The molecule has 1 amide bonds. The first-order valence-corrected chi connectivity index (χ1v) is 6.13. The molecule has 1 aromatic carbocycles. The first kappa shape index (κ1) is 14.1. The highest BCUT2D eigenvalue weighted by atomic mass is 35.5. The summed E-state index contributed by atoms with van der Waals surface area (Å²) in [5.41, 5.74) is 7.05. The average molecular weight is 293 g/mol. The Bertz CT molecular complexity index is 641. The van der Waals surface area contributed by atoms with E-state index in [2.05, 4.69) is 15.3 Å². The second-order valence-electron chi connectivity index (χ2n) is 4.06. The van der Waals surface area contributed by atoms with Crippen LogP contribution in [0.2, 0.25) is 5.15 Å². The number of hydrogen-bond acceptors (Lipinski definition) is 5. The summed E-state index contributed by atoms with van der Waals surface area (Å²) in [6.07, 6.45) is 0. The fraction of sp³-hybridized carbons (Fsp3) is 0.154. The smallest absolute Gasteiger partial charge is 0.260 e. The number of nitrogens with zero attached hydrogens (tertiary/aromatic N) is 2. The van der Waals surface area contributed by atoms with Gasteiger partial charge in [0.15, 0.2) is 0 Å². The molecule has 0 aliphatic heterocycles. The highest BCUT2D eigenvalue weighted by molar-refractivity contribution is 6.29. The summed E-state index contributed by atoms with van der Waals surface area (Å²) in [4.78, 5) is 20.2. The van der Waals surface area contributed by atoms with Gasteiger partial charge in [-0.1, -0.05) is 11.6 Å². The zero-order valence-electron chi connectivity index (χ0n) is 11.0. The van der Waals surface area contributed by atoms with Crippen molar-refractivity contribution in [3.8, 4) is 5.75 Å². The maximum Gasteiger partial charge on any atom is 0.260 e. The highest BCUT2D eigenvalue weighted by Crippen LogP contribution is 2.20. The van der Waals surface area contributed by atoms with Gasteiger partial charge in [-0.25, -0.2) is 9.97 Å². The number of nitrogen functional groups attached to an aromatic ring is 1. The number of aryl methyl sites for hydroxylation is 1. The molecule has 6 nitrogen and oxygen atoms in total. The number of amides is 1. The maximum atomic E-state index is 12.2. The van der Waals surface area contributed by atoms with Crippen LogP contribution in [0.5, 0.6) is 5.75 Å². The van der Waals surface area contributed by atoms with Crippen molar-refractivity contribution in [2.24, 2.45) is 0 Å². The summed E-state index contributed by atoms with van der Waals surface area (Å²) in [7, 11) is 1.51. The molecule has 2 aromatic rings. The number of nitrogens with one attached hydrogen (secondary N) is 1. The van der Waals surface area contributed by atoms with E-state index in [1.165, 1.54) is 7.11 Å². The van der Waals surface area contributed by atoms with Crippen molar-refractivity contribution in [1.82, 2.24) is 9.97 Å². The first-order chi connectivity index (χ1) is 9.49. The van der Waals surface area contributed by atoms with Crippen molar-refractivity contribution in [3.63, 3.8) is 0 Å². The molecule has 0 aliphatic rings. The van der Waals surface area contributed by atoms with Crippen LogP contribution in [0.3, 0.4) is 0 Å². The zero-order chi connectivity index (χ0) is 14.7. The third kappa shape index (κ3) is 3.16. The molecule has 2 rings (SSSR count).